The maximum Gasteiger partial charge on any atom is 0.161 e. The molecule has 2 atom stereocenters. The molecule has 0 aromatic heterocycles. The number of methoxy groups -OCH3 is 1. The SMILES string of the molecule is COc1ccc(Cl)c(NC2=NC3CCCC3CS2)c1. The number of halogens is 1. The van der Waals surface area contributed by atoms with Gasteiger partial charge >= 0.3 is 0 Å². The van der Waals surface area contributed by atoms with Crippen LogP contribution in [-0.4, -0.2) is 24.1 Å². The topological polar surface area (TPSA) is 33.6 Å². The van der Waals surface area contributed by atoms with Crippen LogP contribution in [0, 0.1) is 5.92 Å². The molecule has 3 rings (SSSR count). The van der Waals surface area contributed by atoms with E-state index in [0.29, 0.717) is 11.1 Å². The summed E-state index contributed by atoms with van der Waals surface area (Å²) in [5.74, 6) is 2.74. The van der Waals surface area contributed by atoms with Crippen LogP contribution in [-0.2, 0) is 0 Å². The van der Waals surface area contributed by atoms with Crippen molar-refractivity contribution < 1.29 is 4.74 Å². The lowest BCUT2D eigenvalue weighted by Crippen LogP contribution is -2.25. The zero-order valence-corrected chi connectivity index (χ0v) is 12.4. The average Bonchev–Trinajstić information content (AvgIpc) is 2.89. The molecule has 0 bridgehead atoms. The zero-order valence-electron chi connectivity index (χ0n) is 10.9. The second-order valence-electron chi connectivity index (χ2n) is 4.97. The molecule has 1 aromatic rings. The molecule has 0 spiro atoms. The first-order valence-electron chi connectivity index (χ1n) is 6.57. The first-order valence-corrected chi connectivity index (χ1v) is 7.94. The number of benzene rings is 1. The van der Waals surface area contributed by atoms with Crippen molar-refractivity contribution in [3.63, 3.8) is 0 Å². The van der Waals surface area contributed by atoms with Gasteiger partial charge in [0.2, 0.25) is 0 Å². The number of ether oxygens (including phenoxy) is 1. The van der Waals surface area contributed by atoms with Crippen LogP contribution in [0.4, 0.5) is 5.69 Å². The molecule has 5 heteroatoms. The van der Waals surface area contributed by atoms with Crippen molar-refractivity contribution in [1.82, 2.24) is 0 Å². The van der Waals surface area contributed by atoms with Crippen LogP contribution in [0.1, 0.15) is 19.3 Å². The van der Waals surface area contributed by atoms with Gasteiger partial charge < -0.3 is 10.1 Å². The Kier molecular flexibility index (Phi) is 3.89. The molecule has 0 saturated heterocycles. The fourth-order valence-corrected chi connectivity index (χ4v) is 3.98. The molecule has 0 amide bonds. The van der Waals surface area contributed by atoms with Gasteiger partial charge in [-0.1, -0.05) is 29.8 Å². The van der Waals surface area contributed by atoms with Gasteiger partial charge in [0.25, 0.3) is 0 Å². The van der Waals surface area contributed by atoms with Crippen molar-refractivity contribution in [2.75, 3.05) is 18.2 Å². The van der Waals surface area contributed by atoms with E-state index in [1.807, 2.05) is 18.2 Å². The Morgan fingerprint density at radius 1 is 1.42 bits per heavy atom. The Morgan fingerprint density at radius 3 is 3.16 bits per heavy atom. The van der Waals surface area contributed by atoms with Gasteiger partial charge in [-0.15, -0.1) is 0 Å². The third-order valence-corrected chi connectivity index (χ3v) is 5.16. The van der Waals surface area contributed by atoms with Crippen molar-refractivity contribution >= 4 is 34.2 Å². The molecule has 102 valence electrons. The second kappa shape index (κ2) is 5.63. The van der Waals surface area contributed by atoms with Gasteiger partial charge in [0.1, 0.15) is 5.75 Å². The molecular formula is C14H17ClN2OS. The lowest BCUT2D eigenvalue weighted by Gasteiger charge is -2.23. The molecule has 1 aromatic carbocycles. The summed E-state index contributed by atoms with van der Waals surface area (Å²) >= 11 is 8.00. The van der Waals surface area contributed by atoms with Crippen LogP contribution in [0.3, 0.4) is 0 Å². The Balaban J connectivity index is 1.78. The first kappa shape index (κ1) is 13.1. The number of aliphatic imine (C=N–C) groups is 1. The molecule has 3 nitrogen and oxygen atoms in total. The van der Waals surface area contributed by atoms with Crippen LogP contribution < -0.4 is 10.1 Å². The van der Waals surface area contributed by atoms with Crippen molar-refractivity contribution in [3.05, 3.63) is 23.2 Å². The van der Waals surface area contributed by atoms with E-state index in [2.05, 4.69) is 5.32 Å². The van der Waals surface area contributed by atoms with Crippen LogP contribution in [0.15, 0.2) is 23.2 Å². The predicted molar refractivity (Wildman–Crippen MR) is 82.6 cm³/mol. The molecule has 1 saturated carbocycles. The number of anilines is 1. The lowest BCUT2D eigenvalue weighted by molar-refractivity contribution is 0.415. The van der Waals surface area contributed by atoms with Crippen molar-refractivity contribution in [1.29, 1.82) is 0 Å². The minimum absolute atomic E-state index is 0.508. The molecule has 1 N–H and O–H groups in total. The third-order valence-electron chi connectivity index (χ3n) is 3.75. The summed E-state index contributed by atoms with van der Waals surface area (Å²) in [6, 6.07) is 6.12. The monoisotopic (exact) mass is 296 g/mol. The number of amidine groups is 1. The van der Waals surface area contributed by atoms with Crippen molar-refractivity contribution in [2.24, 2.45) is 10.9 Å². The summed E-state index contributed by atoms with van der Waals surface area (Å²) in [6.45, 7) is 0. The van der Waals surface area contributed by atoms with Crippen molar-refractivity contribution in [3.8, 4) is 5.75 Å². The van der Waals surface area contributed by atoms with Crippen LogP contribution in [0.25, 0.3) is 0 Å². The number of nitrogens with zero attached hydrogens (tertiary/aromatic N) is 1. The summed E-state index contributed by atoms with van der Waals surface area (Å²) in [6.07, 6.45) is 3.86. The maximum absolute atomic E-state index is 6.20. The van der Waals surface area contributed by atoms with Crippen LogP contribution in [0.5, 0.6) is 5.75 Å². The van der Waals surface area contributed by atoms with Gasteiger partial charge in [-0.05, 0) is 30.9 Å². The summed E-state index contributed by atoms with van der Waals surface area (Å²) in [4.78, 5) is 4.80. The van der Waals surface area contributed by atoms with E-state index in [1.54, 1.807) is 18.9 Å². The minimum Gasteiger partial charge on any atom is -0.497 e. The summed E-state index contributed by atoms with van der Waals surface area (Å²) < 4.78 is 5.22. The predicted octanol–water partition coefficient (Wildman–Crippen LogP) is 4.03. The van der Waals surface area contributed by atoms with Gasteiger partial charge in [-0.2, -0.15) is 0 Å². The number of hydrogen-bond donors (Lipinski definition) is 1. The zero-order chi connectivity index (χ0) is 13.2. The van der Waals surface area contributed by atoms with E-state index in [0.717, 1.165) is 28.3 Å². The summed E-state index contributed by atoms with van der Waals surface area (Å²) in [5.41, 5.74) is 0.865. The lowest BCUT2D eigenvalue weighted by atomic mass is 10.1. The molecule has 0 radical (unpaired) electrons. The van der Waals surface area contributed by atoms with E-state index in [-0.39, 0.29) is 0 Å². The number of rotatable bonds is 2. The van der Waals surface area contributed by atoms with Gasteiger partial charge in [-0.25, -0.2) is 0 Å². The Hall–Kier alpha value is -0.870. The molecule has 1 aliphatic carbocycles. The molecule has 1 aliphatic heterocycles. The third kappa shape index (κ3) is 2.84. The smallest absolute Gasteiger partial charge is 0.161 e. The first-order chi connectivity index (χ1) is 9.26. The van der Waals surface area contributed by atoms with Crippen molar-refractivity contribution in [2.45, 2.75) is 25.3 Å². The fraction of sp³-hybridized carbons (Fsp3) is 0.500. The van der Waals surface area contributed by atoms with Crippen LogP contribution in [0.2, 0.25) is 5.02 Å². The fourth-order valence-electron chi connectivity index (χ4n) is 2.67. The normalized spacial score (nSPS) is 25.7. The standard InChI is InChI=1S/C14H17ClN2OS/c1-18-10-5-6-11(15)13(7-10)17-14-16-12-4-2-3-9(12)8-19-14/h5-7,9,12H,2-4,8H2,1H3,(H,16,17). The average molecular weight is 297 g/mol. The number of fused-ring (bicyclic) bond motifs is 1. The van der Waals surface area contributed by atoms with Gasteiger partial charge in [-0.3, -0.25) is 4.99 Å². The van der Waals surface area contributed by atoms with E-state index < -0.39 is 0 Å². The number of nitrogens with one attached hydrogen (secondary N) is 1. The van der Waals surface area contributed by atoms with Gasteiger partial charge in [0.05, 0.1) is 23.9 Å². The molecule has 19 heavy (non-hydrogen) atoms. The van der Waals surface area contributed by atoms with E-state index in [9.17, 15) is 0 Å². The number of hydrogen-bond acceptors (Lipinski definition) is 4. The van der Waals surface area contributed by atoms with E-state index >= 15 is 0 Å². The van der Waals surface area contributed by atoms with E-state index in [1.165, 1.54) is 19.3 Å². The molecular weight excluding hydrogens is 280 g/mol. The summed E-state index contributed by atoms with van der Waals surface area (Å²) in [7, 11) is 1.66. The quantitative estimate of drug-likeness (QED) is 0.894. The Morgan fingerprint density at radius 2 is 2.32 bits per heavy atom. The molecule has 1 heterocycles. The highest BCUT2D eigenvalue weighted by molar-refractivity contribution is 8.14. The molecule has 2 unspecified atom stereocenters. The molecule has 1 fully saturated rings. The highest BCUT2D eigenvalue weighted by Crippen LogP contribution is 2.36. The molecule has 2 aliphatic rings. The van der Waals surface area contributed by atoms with E-state index in [4.69, 9.17) is 21.3 Å². The van der Waals surface area contributed by atoms with Gasteiger partial charge in [0, 0.05) is 11.8 Å². The minimum atomic E-state index is 0.508. The largest absolute Gasteiger partial charge is 0.497 e. The van der Waals surface area contributed by atoms with Crippen LogP contribution >= 0.6 is 23.4 Å². The summed E-state index contributed by atoms with van der Waals surface area (Å²) in [5, 5.41) is 5.01. The Labute approximate surface area is 122 Å². The highest BCUT2D eigenvalue weighted by atomic mass is 35.5. The van der Waals surface area contributed by atoms with Gasteiger partial charge in [0.15, 0.2) is 5.17 Å². The second-order valence-corrected chi connectivity index (χ2v) is 6.39. The Bertz CT molecular complexity index is 506. The highest BCUT2D eigenvalue weighted by Gasteiger charge is 2.31. The maximum atomic E-state index is 6.20. The number of thioether (sulfide) groups is 1.